The Kier molecular flexibility index (Phi) is 12.9. The average molecular weight is 468 g/mol. The number of aliphatic imine (C=N–C) groups is 1. The van der Waals surface area contributed by atoms with E-state index >= 15 is 0 Å². The van der Waals surface area contributed by atoms with Crippen LogP contribution in [0.3, 0.4) is 0 Å². The Bertz CT molecular complexity index is 520. The standard InChI is InChI=1S/C16H28N4O2S.HI/c1-5-17-16(18-10-8-6-7-9-15(21)22-4)19-11-14-12(2)20-13(3)23-14;/h5-11H2,1-4H3,(H2,17,18,19);1H. The summed E-state index contributed by atoms with van der Waals surface area (Å²) in [5, 5.41) is 7.65. The molecule has 0 unspecified atom stereocenters. The fraction of sp³-hybridized carbons (Fsp3) is 0.688. The Morgan fingerprint density at radius 3 is 2.58 bits per heavy atom. The molecule has 0 spiro atoms. The summed E-state index contributed by atoms with van der Waals surface area (Å²) in [6, 6.07) is 0. The fourth-order valence-electron chi connectivity index (χ4n) is 2.09. The number of methoxy groups -OCH3 is 1. The first-order valence-corrected chi connectivity index (χ1v) is 8.90. The Labute approximate surface area is 165 Å². The Morgan fingerprint density at radius 1 is 1.25 bits per heavy atom. The monoisotopic (exact) mass is 468 g/mol. The number of nitrogens with zero attached hydrogens (tertiary/aromatic N) is 2. The topological polar surface area (TPSA) is 75.6 Å². The van der Waals surface area contributed by atoms with Gasteiger partial charge in [-0.3, -0.25) is 4.79 Å². The second-order valence-electron chi connectivity index (χ2n) is 5.25. The summed E-state index contributed by atoms with van der Waals surface area (Å²) in [6.07, 6.45) is 3.35. The number of hydrogen-bond acceptors (Lipinski definition) is 5. The highest BCUT2D eigenvalue weighted by Crippen LogP contribution is 2.17. The molecule has 0 fully saturated rings. The third-order valence-corrected chi connectivity index (χ3v) is 4.36. The highest BCUT2D eigenvalue weighted by atomic mass is 127. The van der Waals surface area contributed by atoms with Gasteiger partial charge in [0.05, 0.1) is 24.4 Å². The smallest absolute Gasteiger partial charge is 0.305 e. The summed E-state index contributed by atoms with van der Waals surface area (Å²) in [4.78, 5) is 21.3. The lowest BCUT2D eigenvalue weighted by Crippen LogP contribution is -2.37. The summed E-state index contributed by atoms with van der Waals surface area (Å²) in [6.45, 7) is 8.41. The number of halogens is 1. The van der Waals surface area contributed by atoms with Gasteiger partial charge in [0.15, 0.2) is 5.96 Å². The molecule has 0 saturated heterocycles. The van der Waals surface area contributed by atoms with Gasteiger partial charge in [-0.25, -0.2) is 9.98 Å². The molecular weight excluding hydrogens is 439 g/mol. The largest absolute Gasteiger partial charge is 0.469 e. The molecule has 24 heavy (non-hydrogen) atoms. The van der Waals surface area contributed by atoms with Crippen molar-refractivity contribution in [1.29, 1.82) is 0 Å². The summed E-state index contributed by atoms with van der Waals surface area (Å²) in [5.41, 5.74) is 1.06. The number of hydrogen-bond donors (Lipinski definition) is 2. The first kappa shape index (κ1) is 23.1. The second kappa shape index (κ2) is 13.4. The minimum absolute atomic E-state index is 0. The van der Waals surface area contributed by atoms with Crippen LogP contribution in [0.25, 0.3) is 0 Å². The van der Waals surface area contributed by atoms with Gasteiger partial charge in [-0.15, -0.1) is 35.3 Å². The van der Waals surface area contributed by atoms with Crippen LogP contribution in [0.2, 0.25) is 0 Å². The zero-order valence-electron chi connectivity index (χ0n) is 15.0. The van der Waals surface area contributed by atoms with Gasteiger partial charge < -0.3 is 15.4 Å². The summed E-state index contributed by atoms with van der Waals surface area (Å²) < 4.78 is 4.62. The zero-order chi connectivity index (χ0) is 17.1. The van der Waals surface area contributed by atoms with Crippen molar-refractivity contribution in [2.24, 2.45) is 4.99 Å². The lowest BCUT2D eigenvalue weighted by atomic mass is 10.2. The van der Waals surface area contributed by atoms with E-state index in [2.05, 4.69) is 32.3 Å². The van der Waals surface area contributed by atoms with E-state index in [0.717, 1.165) is 49.0 Å². The summed E-state index contributed by atoms with van der Waals surface area (Å²) in [7, 11) is 1.43. The maximum atomic E-state index is 11.0. The number of aryl methyl sites for hydroxylation is 2. The van der Waals surface area contributed by atoms with E-state index in [0.29, 0.717) is 13.0 Å². The number of nitrogens with one attached hydrogen (secondary N) is 2. The number of aromatic nitrogens is 1. The van der Waals surface area contributed by atoms with E-state index in [-0.39, 0.29) is 29.9 Å². The Hall–Kier alpha value is -0.900. The maximum absolute atomic E-state index is 11.0. The fourth-order valence-corrected chi connectivity index (χ4v) is 2.95. The number of ether oxygens (including phenoxy) is 1. The van der Waals surface area contributed by atoms with Crippen LogP contribution in [0.5, 0.6) is 0 Å². The first-order chi connectivity index (χ1) is 11.1. The molecule has 0 radical (unpaired) electrons. The highest BCUT2D eigenvalue weighted by Gasteiger charge is 2.05. The molecule has 2 N–H and O–H groups in total. The van der Waals surface area contributed by atoms with Crippen LogP contribution in [0.4, 0.5) is 0 Å². The molecule has 0 atom stereocenters. The van der Waals surface area contributed by atoms with Crippen LogP contribution in [-0.4, -0.2) is 37.1 Å². The summed E-state index contributed by atoms with van der Waals surface area (Å²) >= 11 is 1.70. The van der Waals surface area contributed by atoms with Gasteiger partial charge in [0.2, 0.25) is 0 Å². The van der Waals surface area contributed by atoms with Crippen LogP contribution >= 0.6 is 35.3 Å². The van der Waals surface area contributed by atoms with Gasteiger partial charge in [-0.2, -0.15) is 0 Å². The molecule has 8 heteroatoms. The molecule has 0 aromatic carbocycles. The van der Waals surface area contributed by atoms with Crippen LogP contribution < -0.4 is 10.6 Å². The van der Waals surface area contributed by atoms with Crippen molar-refractivity contribution in [1.82, 2.24) is 15.6 Å². The highest BCUT2D eigenvalue weighted by molar-refractivity contribution is 14.0. The predicted molar refractivity (Wildman–Crippen MR) is 110 cm³/mol. The van der Waals surface area contributed by atoms with Gasteiger partial charge in [-0.1, -0.05) is 6.42 Å². The number of carbonyl (C=O) groups excluding carboxylic acids is 1. The molecule has 0 aliphatic rings. The average Bonchev–Trinajstić information content (AvgIpc) is 2.85. The molecule has 1 rings (SSSR count). The second-order valence-corrected chi connectivity index (χ2v) is 6.54. The third-order valence-electron chi connectivity index (χ3n) is 3.30. The van der Waals surface area contributed by atoms with Crippen molar-refractivity contribution in [2.75, 3.05) is 20.2 Å². The van der Waals surface area contributed by atoms with Gasteiger partial charge in [-0.05, 0) is 33.6 Å². The molecular formula is C16H29IN4O2S. The SMILES string of the molecule is CCNC(=NCc1sc(C)nc1C)NCCCCCC(=O)OC.I. The van der Waals surface area contributed by atoms with Crippen LogP contribution in [0.15, 0.2) is 4.99 Å². The molecule has 1 heterocycles. The van der Waals surface area contributed by atoms with E-state index < -0.39 is 0 Å². The number of rotatable bonds is 9. The number of carbonyl (C=O) groups is 1. The van der Waals surface area contributed by atoms with Crippen LogP contribution in [0, 0.1) is 13.8 Å². The summed E-state index contributed by atoms with van der Waals surface area (Å²) in [5.74, 6) is 0.689. The Balaban J connectivity index is 0.00000529. The maximum Gasteiger partial charge on any atom is 0.305 e. The molecule has 1 aromatic rings. The molecule has 0 aliphatic carbocycles. The van der Waals surface area contributed by atoms with E-state index in [1.165, 1.54) is 12.0 Å². The van der Waals surface area contributed by atoms with Gasteiger partial charge in [0.1, 0.15) is 0 Å². The van der Waals surface area contributed by atoms with E-state index in [9.17, 15) is 4.79 Å². The molecule has 0 amide bonds. The number of guanidine groups is 1. The molecule has 6 nitrogen and oxygen atoms in total. The van der Waals surface area contributed by atoms with Crippen molar-refractivity contribution >= 4 is 47.2 Å². The van der Waals surface area contributed by atoms with Crippen molar-refractivity contribution in [3.8, 4) is 0 Å². The minimum Gasteiger partial charge on any atom is -0.469 e. The van der Waals surface area contributed by atoms with E-state index in [1.807, 2.05) is 13.8 Å². The van der Waals surface area contributed by atoms with Crippen LogP contribution in [-0.2, 0) is 16.1 Å². The van der Waals surface area contributed by atoms with Gasteiger partial charge in [0, 0.05) is 24.4 Å². The molecule has 138 valence electrons. The lowest BCUT2D eigenvalue weighted by Gasteiger charge is -2.11. The minimum atomic E-state index is -0.136. The zero-order valence-corrected chi connectivity index (χ0v) is 18.1. The number of esters is 1. The van der Waals surface area contributed by atoms with E-state index in [1.54, 1.807) is 11.3 Å². The van der Waals surface area contributed by atoms with Crippen LogP contribution in [0.1, 0.15) is 48.2 Å². The normalized spacial score (nSPS) is 10.9. The first-order valence-electron chi connectivity index (χ1n) is 8.08. The van der Waals surface area contributed by atoms with Crippen molar-refractivity contribution in [3.05, 3.63) is 15.6 Å². The molecule has 0 aliphatic heterocycles. The lowest BCUT2D eigenvalue weighted by molar-refractivity contribution is -0.140. The van der Waals surface area contributed by atoms with Gasteiger partial charge >= 0.3 is 5.97 Å². The van der Waals surface area contributed by atoms with Crippen molar-refractivity contribution in [2.45, 2.75) is 53.0 Å². The quantitative estimate of drug-likeness (QED) is 0.192. The third kappa shape index (κ3) is 9.41. The molecule has 0 saturated carbocycles. The van der Waals surface area contributed by atoms with Crippen molar-refractivity contribution < 1.29 is 9.53 Å². The number of unbranched alkanes of at least 4 members (excludes halogenated alkanes) is 2. The number of thiazole rings is 1. The molecule has 1 aromatic heterocycles. The predicted octanol–water partition coefficient (Wildman–Crippen LogP) is 3.17. The Morgan fingerprint density at radius 2 is 2.00 bits per heavy atom. The van der Waals surface area contributed by atoms with E-state index in [4.69, 9.17) is 0 Å². The van der Waals surface area contributed by atoms with Crippen molar-refractivity contribution in [3.63, 3.8) is 0 Å². The molecule has 0 bridgehead atoms. The van der Waals surface area contributed by atoms with Gasteiger partial charge in [0.25, 0.3) is 0 Å².